The van der Waals surface area contributed by atoms with Crippen molar-refractivity contribution in [1.82, 2.24) is 26.4 Å². The van der Waals surface area contributed by atoms with E-state index >= 15 is 0 Å². The zero-order valence-corrected chi connectivity index (χ0v) is 20.8. The van der Waals surface area contributed by atoms with Crippen molar-refractivity contribution in [2.75, 3.05) is 19.6 Å². The average Bonchev–Trinajstić information content (AvgIpc) is 3.57. The molecule has 2 saturated carbocycles. The van der Waals surface area contributed by atoms with Crippen molar-refractivity contribution in [3.05, 3.63) is 0 Å². The second-order valence-corrected chi connectivity index (χ2v) is 10.7. The van der Waals surface area contributed by atoms with Crippen LogP contribution in [0.1, 0.15) is 53.4 Å². The maximum absolute atomic E-state index is 13.6. The lowest BCUT2D eigenvalue weighted by atomic mass is 9.95. The number of hydrogen-bond acceptors (Lipinski definition) is 5. The fourth-order valence-corrected chi connectivity index (χ4v) is 5.47. The fraction of sp³-hybridized carbons (Fsp3) is 0.826. The molecule has 0 spiro atoms. The van der Waals surface area contributed by atoms with Crippen LogP contribution in [0.4, 0.5) is 0 Å². The number of hydrazine groups is 1. The van der Waals surface area contributed by atoms with Crippen molar-refractivity contribution in [2.45, 2.75) is 65.5 Å². The molecule has 0 aromatic carbocycles. The highest BCUT2D eigenvalue weighted by Gasteiger charge is 2.69. The Kier molecular flexibility index (Phi) is 7.63. The number of fused-ring (bicyclic) bond motifs is 1. The van der Waals surface area contributed by atoms with Gasteiger partial charge in [-0.1, -0.05) is 34.1 Å². The van der Waals surface area contributed by atoms with Crippen LogP contribution >= 0.6 is 12.4 Å². The van der Waals surface area contributed by atoms with E-state index in [1.165, 1.54) is 0 Å². The first kappa shape index (κ1) is 25.7. The molecule has 2 saturated heterocycles. The average molecular weight is 484 g/mol. The maximum Gasteiger partial charge on any atom is 0.257 e. The summed E-state index contributed by atoms with van der Waals surface area (Å²) in [5, 5.41) is 5.77. The van der Waals surface area contributed by atoms with Crippen LogP contribution in [0.3, 0.4) is 0 Å². The number of nitrogens with zero attached hydrogens (tertiary/aromatic N) is 1. The molecule has 6 atom stereocenters. The molecule has 10 heteroatoms. The molecule has 0 aromatic heterocycles. The van der Waals surface area contributed by atoms with Gasteiger partial charge in [0, 0.05) is 25.6 Å². The van der Waals surface area contributed by atoms with Crippen molar-refractivity contribution in [1.29, 1.82) is 0 Å². The smallest absolute Gasteiger partial charge is 0.257 e. The Morgan fingerprint density at radius 3 is 2.45 bits per heavy atom. The monoisotopic (exact) mass is 483 g/mol. The molecule has 0 bridgehead atoms. The number of rotatable bonds is 9. The number of carbonyl (C=O) groups is 4. The van der Waals surface area contributed by atoms with Crippen molar-refractivity contribution >= 4 is 36.0 Å². The van der Waals surface area contributed by atoms with Gasteiger partial charge in [0.15, 0.2) is 0 Å². The minimum atomic E-state index is -0.612. The van der Waals surface area contributed by atoms with Gasteiger partial charge in [0.1, 0.15) is 12.1 Å². The SMILES string of the molecule is CC[C@@H](C)[C@H](NC(=O)C1CC1)C(=O)N1C[C@H]2[C@@H]([C@H]1C(=O)NNC[C@@H]1CCNC1=O)C2(C)C.Cl. The predicted molar refractivity (Wildman–Crippen MR) is 125 cm³/mol. The molecule has 9 nitrogen and oxygen atoms in total. The molecule has 4 fully saturated rings. The molecule has 0 aromatic rings. The number of halogens is 1. The van der Waals surface area contributed by atoms with Crippen LogP contribution in [0.25, 0.3) is 0 Å². The largest absolute Gasteiger partial charge is 0.356 e. The Labute approximate surface area is 201 Å². The highest BCUT2D eigenvalue weighted by atomic mass is 35.5. The van der Waals surface area contributed by atoms with Crippen LogP contribution in [0.5, 0.6) is 0 Å². The first-order chi connectivity index (χ1) is 15.2. The first-order valence-corrected chi connectivity index (χ1v) is 12.1. The number of likely N-dealkylation sites (tertiary alicyclic amines) is 1. The fourth-order valence-electron chi connectivity index (χ4n) is 5.47. The van der Waals surface area contributed by atoms with Crippen LogP contribution in [-0.2, 0) is 19.2 Å². The molecule has 4 rings (SSSR count). The molecule has 0 unspecified atom stereocenters. The van der Waals surface area contributed by atoms with E-state index < -0.39 is 12.1 Å². The summed E-state index contributed by atoms with van der Waals surface area (Å²) in [7, 11) is 0. The van der Waals surface area contributed by atoms with Gasteiger partial charge >= 0.3 is 0 Å². The Balaban J connectivity index is 0.00000306. The highest BCUT2D eigenvalue weighted by molar-refractivity contribution is 5.94. The number of hydrogen-bond donors (Lipinski definition) is 4. The van der Waals surface area contributed by atoms with Gasteiger partial charge in [-0.05, 0) is 42.4 Å². The van der Waals surface area contributed by atoms with Gasteiger partial charge in [-0.25, -0.2) is 5.43 Å². The third kappa shape index (κ3) is 4.99. The predicted octanol–water partition coefficient (Wildman–Crippen LogP) is 0.589. The van der Waals surface area contributed by atoms with E-state index in [1.54, 1.807) is 4.90 Å². The van der Waals surface area contributed by atoms with E-state index in [2.05, 4.69) is 35.3 Å². The van der Waals surface area contributed by atoms with Gasteiger partial charge in [0.2, 0.25) is 17.7 Å². The molecule has 4 aliphatic rings. The molecule has 4 amide bonds. The minimum absolute atomic E-state index is 0. The van der Waals surface area contributed by atoms with E-state index in [0.717, 1.165) is 25.7 Å². The Morgan fingerprint density at radius 1 is 1.18 bits per heavy atom. The number of carbonyl (C=O) groups excluding carboxylic acids is 4. The summed E-state index contributed by atoms with van der Waals surface area (Å²) in [5.41, 5.74) is 5.67. The zero-order chi connectivity index (χ0) is 23.2. The van der Waals surface area contributed by atoms with Crippen LogP contribution in [0.2, 0.25) is 0 Å². The third-order valence-electron chi connectivity index (χ3n) is 8.21. The standard InChI is InChI=1S/C23H37N5O4.ClH/c1-5-12(2)17(26-20(30)13-6-7-13)22(32)28-11-15-16(23(15,3)4)18(28)21(31)27-25-10-14-8-9-24-19(14)29;/h12-18,25H,5-11H2,1-4H3,(H,24,29)(H,26,30)(H,27,31);1H/t12-,14+,15+,16+,17+,18+;/m1./s1. The summed E-state index contributed by atoms with van der Waals surface area (Å²) in [5.74, 6) is -0.234. The number of nitrogens with one attached hydrogen (secondary N) is 4. The molecule has 186 valence electrons. The third-order valence-corrected chi connectivity index (χ3v) is 8.21. The maximum atomic E-state index is 13.6. The lowest BCUT2D eigenvalue weighted by molar-refractivity contribution is -0.144. The van der Waals surface area contributed by atoms with E-state index in [-0.39, 0.29) is 71.0 Å². The van der Waals surface area contributed by atoms with Gasteiger partial charge in [0.25, 0.3) is 5.91 Å². The molecular weight excluding hydrogens is 446 g/mol. The molecular formula is C23H38ClN5O4. The van der Waals surface area contributed by atoms with Gasteiger partial charge in [0.05, 0.1) is 5.92 Å². The molecule has 2 aliphatic carbocycles. The van der Waals surface area contributed by atoms with E-state index in [0.29, 0.717) is 19.6 Å². The summed E-state index contributed by atoms with van der Waals surface area (Å²) in [6, 6.07) is -1.18. The Hall–Kier alpha value is -1.87. The summed E-state index contributed by atoms with van der Waals surface area (Å²) >= 11 is 0. The van der Waals surface area contributed by atoms with Crippen LogP contribution in [0.15, 0.2) is 0 Å². The van der Waals surface area contributed by atoms with Gasteiger partial charge in [-0.2, -0.15) is 0 Å². The second-order valence-electron chi connectivity index (χ2n) is 10.7. The number of amides is 4. The lowest BCUT2D eigenvalue weighted by Crippen LogP contribution is -2.59. The van der Waals surface area contributed by atoms with Crippen LogP contribution < -0.4 is 21.5 Å². The number of piperidine rings is 1. The van der Waals surface area contributed by atoms with E-state index in [9.17, 15) is 19.2 Å². The van der Waals surface area contributed by atoms with E-state index in [4.69, 9.17) is 0 Å². The topological polar surface area (TPSA) is 120 Å². The van der Waals surface area contributed by atoms with Crippen LogP contribution in [-0.4, -0.2) is 60.2 Å². The Bertz CT molecular complexity index is 802. The quantitative estimate of drug-likeness (QED) is 0.358. The van der Waals surface area contributed by atoms with Gasteiger partial charge < -0.3 is 15.5 Å². The highest BCUT2D eigenvalue weighted by Crippen LogP contribution is 2.64. The van der Waals surface area contributed by atoms with Crippen molar-refractivity contribution in [3.63, 3.8) is 0 Å². The Morgan fingerprint density at radius 2 is 1.88 bits per heavy atom. The second kappa shape index (κ2) is 9.78. The normalized spacial score (nSPS) is 31.0. The molecule has 33 heavy (non-hydrogen) atoms. The van der Waals surface area contributed by atoms with Crippen molar-refractivity contribution in [2.24, 2.45) is 35.0 Å². The van der Waals surface area contributed by atoms with Gasteiger partial charge in [-0.15, -0.1) is 12.4 Å². The molecule has 0 radical (unpaired) electrons. The molecule has 4 N–H and O–H groups in total. The summed E-state index contributed by atoms with van der Waals surface area (Å²) < 4.78 is 0. The van der Waals surface area contributed by atoms with Crippen molar-refractivity contribution in [3.8, 4) is 0 Å². The molecule has 2 aliphatic heterocycles. The van der Waals surface area contributed by atoms with E-state index in [1.807, 2.05) is 13.8 Å². The van der Waals surface area contributed by atoms with Crippen molar-refractivity contribution < 1.29 is 19.2 Å². The summed E-state index contributed by atoms with van der Waals surface area (Å²) in [4.78, 5) is 52.7. The molecule has 2 heterocycles. The minimum Gasteiger partial charge on any atom is -0.356 e. The van der Waals surface area contributed by atoms with Gasteiger partial charge in [-0.3, -0.25) is 24.6 Å². The summed E-state index contributed by atoms with van der Waals surface area (Å²) in [6.45, 7) is 9.81. The summed E-state index contributed by atoms with van der Waals surface area (Å²) in [6.07, 6.45) is 3.26. The zero-order valence-electron chi connectivity index (χ0n) is 20.0. The lowest BCUT2D eigenvalue weighted by Gasteiger charge is -2.34. The first-order valence-electron chi connectivity index (χ1n) is 12.1. The van der Waals surface area contributed by atoms with Crippen LogP contribution in [0, 0.1) is 35.0 Å².